The van der Waals surface area contributed by atoms with Crippen molar-refractivity contribution >= 4 is 5.91 Å². The number of rotatable bonds is 6. The Morgan fingerprint density at radius 2 is 2.00 bits per heavy atom. The van der Waals surface area contributed by atoms with Gasteiger partial charge in [-0.25, -0.2) is 0 Å². The minimum absolute atomic E-state index is 0.175. The molecule has 1 unspecified atom stereocenters. The van der Waals surface area contributed by atoms with E-state index >= 15 is 0 Å². The fourth-order valence-corrected chi connectivity index (χ4v) is 2.03. The first kappa shape index (κ1) is 12.5. The van der Waals surface area contributed by atoms with Crippen molar-refractivity contribution in [2.45, 2.75) is 45.2 Å². The predicted molar refractivity (Wildman–Crippen MR) is 61.5 cm³/mol. The van der Waals surface area contributed by atoms with E-state index in [1.165, 1.54) is 25.9 Å². The van der Waals surface area contributed by atoms with E-state index in [9.17, 15) is 4.79 Å². The third-order valence-electron chi connectivity index (χ3n) is 2.81. The van der Waals surface area contributed by atoms with Crippen molar-refractivity contribution in [2.24, 2.45) is 5.73 Å². The summed E-state index contributed by atoms with van der Waals surface area (Å²) in [5.74, 6) is -0.233. The van der Waals surface area contributed by atoms with Gasteiger partial charge in [0.2, 0.25) is 5.91 Å². The van der Waals surface area contributed by atoms with Crippen molar-refractivity contribution in [3.63, 3.8) is 0 Å². The summed E-state index contributed by atoms with van der Waals surface area (Å²) in [6.07, 6.45) is 3.41. The Bertz CT molecular complexity index is 200. The summed E-state index contributed by atoms with van der Waals surface area (Å²) in [4.78, 5) is 13.6. The van der Waals surface area contributed by atoms with Crippen molar-refractivity contribution in [3.05, 3.63) is 0 Å². The second kappa shape index (κ2) is 6.08. The molecular formula is C11H23N3O. The molecule has 0 aromatic carbocycles. The second-order valence-electron chi connectivity index (χ2n) is 4.61. The highest BCUT2D eigenvalue weighted by Gasteiger charge is 2.18. The second-order valence-corrected chi connectivity index (χ2v) is 4.61. The Morgan fingerprint density at radius 1 is 1.40 bits per heavy atom. The number of likely N-dealkylation sites (tertiary alicyclic amines) is 1. The topological polar surface area (TPSA) is 58.4 Å². The van der Waals surface area contributed by atoms with Crippen molar-refractivity contribution in [1.29, 1.82) is 0 Å². The molecule has 0 saturated carbocycles. The van der Waals surface area contributed by atoms with E-state index in [0.29, 0.717) is 6.04 Å². The van der Waals surface area contributed by atoms with Gasteiger partial charge in [-0.2, -0.15) is 0 Å². The Balaban J connectivity index is 2.27. The van der Waals surface area contributed by atoms with Crippen LogP contribution in [0.4, 0.5) is 0 Å². The molecule has 0 bridgehead atoms. The molecule has 1 heterocycles. The smallest absolute Gasteiger partial charge is 0.234 e. The molecule has 88 valence electrons. The summed E-state index contributed by atoms with van der Waals surface area (Å²) in [6.45, 7) is 7.39. The van der Waals surface area contributed by atoms with Crippen LogP contribution in [0, 0.1) is 0 Å². The molecule has 1 fully saturated rings. The zero-order valence-electron chi connectivity index (χ0n) is 9.83. The highest BCUT2D eigenvalue weighted by molar-refractivity contribution is 5.79. The molecule has 4 heteroatoms. The number of hydrogen-bond donors (Lipinski definition) is 2. The maximum atomic E-state index is 11.2. The lowest BCUT2D eigenvalue weighted by Gasteiger charge is -2.21. The minimum atomic E-state index is -0.233. The van der Waals surface area contributed by atoms with Crippen molar-refractivity contribution < 1.29 is 4.79 Å². The quantitative estimate of drug-likeness (QED) is 0.668. The van der Waals surface area contributed by atoms with Gasteiger partial charge in [-0.1, -0.05) is 13.8 Å². The minimum Gasteiger partial charge on any atom is -0.368 e. The Kier molecular flexibility index (Phi) is 5.05. The van der Waals surface area contributed by atoms with Crippen molar-refractivity contribution in [1.82, 2.24) is 10.2 Å². The summed E-state index contributed by atoms with van der Waals surface area (Å²) in [5.41, 5.74) is 5.35. The molecule has 0 aliphatic carbocycles. The van der Waals surface area contributed by atoms with Crippen LogP contribution in [-0.2, 0) is 4.79 Å². The number of nitrogens with two attached hydrogens (primary N) is 1. The van der Waals surface area contributed by atoms with Gasteiger partial charge in [0.1, 0.15) is 0 Å². The lowest BCUT2D eigenvalue weighted by atomic mass is 10.1. The van der Waals surface area contributed by atoms with Crippen LogP contribution < -0.4 is 11.1 Å². The average molecular weight is 213 g/mol. The number of hydrogen-bond acceptors (Lipinski definition) is 3. The molecule has 0 aromatic rings. The Morgan fingerprint density at radius 3 is 2.47 bits per heavy atom. The molecular weight excluding hydrogens is 190 g/mol. The van der Waals surface area contributed by atoms with Crippen LogP contribution in [0.3, 0.4) is 0 Å². The van der Waals surface area contributed by atoms with E-state index in [1.54, 1.807) is 0 Å². The van der Waals surface area contributed by atoms with Gasteiger partial charge in [0.25, 0.3) is 0 Å². The fraction of sp³-hybridized carbons (Fsp3) is 0.909. The zero-order valence-corrected chi connectivity index (χ0v) is 9.83. The normalized spacial score (nSPS) is 19.7. The number of amides is 1. The monoisotopic (exact) mass is 213 g/mol. The zero-order chi connectivity index (χ0) is 11.3. The molecule has 0 aromatic heterocycles. The van der Waals surface area contributed by atoms with Crippen molar-refractivity contribution in [2.75, 3.05) is 19.6 Å². The van der Waals surface area contributed by atoms with Gasteiger partial charge in [-0.3, -0.25) is 4.79 Å². The lowest BCUT2D eigenvalue weighted by Crippen LogP contribution is -2.46. The number of carbonyl (C=O) groups excluding carboxylic acids is 1. The van der Waals surface area contributed by atoms with E-state index in [4.69, 9.17) is 5.73 Å². The molecule has 1 amide bonds. The van der Waals surface area contributed by atoms with Crippen LogP contribution in [-0.4, -0.2) is 42.5 Å². The highest BCUT2D eigenvalue weighted by Crippen LogP contribution is 2.08. The molecule has 1 aliphatic rings. The molecule has 4 nitrogen and oxygen atoms in total. The van der Waals surface area contributed by atoms with E-state index < -0.39 is 0 Å². The molecule has 0 radical (unpaired) electrons. The SMILES string of the molecule is CC(C)NC(CCN1CCCC1)C(N)=O. The third-order valence-corrected chi connectivity index (χ3v) is 2.81. The molecule has 15 heavy (non-hydrogen) atoms. The summed E-state index contributed by atoms with van der Waals surface area (Å²) in [6, 6.07) is 0.131. The van der Waals surface area contributed by atoms with E-state index in [-0.39, 0.29) is 11.9 Å². The third kappa shape index (κ3) is 4.62. The van der Waals surface area contributed by atoms with Crippen LogP contribution in [0.1, 0.15) is 33.1 Å². The lowest BCUT2D eigenvalue weighted by molar-refractivity contribution is -0.120. The van der Waals surface area contributed by atoms with Crippen LogP contribution in [0.25, 0.3) is 0 Å². The summed E-state index contributed by atoms with van der Waals surface area (Å²) >= 11 is 0. The maximum absolute atomic E-state index is 11.2. The first-order valence-electron chi connectivity index (χ1n) is 5.87. The van der Waals surface area contributed by atoms with Crippen LogP contribution >= 0.6 is 0 Å². The van der Waals surface area contributed by atoms with Gasteiger partial charge in [0.15, 0.2) is 0 Å². The number of primary amides is 1. The van der Waals surface area contributed by atoms with Gasteiger partial charge >= 0.3 is 0 Å². The summed E-state index contributed by atoms with van der Waals surface area (Å²) in [5, 5.41) is 3.20. The van der Waals surface area contributed by atoms with Gasteiger partial charge in [-0.05, 0) is 32.4 Å². The molecule has 1 atom stereocenters. The molecule has 1 rings (SSSR count). The first-order chi connectivity index (χ1) is 7.09. The molecule has 0 spiro atoms. The van der Waals surface area contributed by atoms with Gasteiger partial charge in [-0.15, -0.1) is 0 Å². The summed E-state index contributed by atoms with van der Waals surface area (Å²) in [7, 11) is 0. The largest absolute Gasteiger partial charge is 0.368 e. The maximum Gasteiger partial charge on any atom is 0.234 e. The Labute approximate surface area is 92.2 Å². The molecule has 1 aliphatic heterocycles. The van der Waals surface area contributed by atoms with E-state index in [2.05, 4.69) is 10.2 Å². The van der Waals surface area contributed by atoms with E-state index in [0.717, 1.165) is 13.0 Å². The summed E-state index contributed by atoms with van der Waals surface area (Å²) < 4.78 is 0. The van der Waals surface area contributed by atoms with Gasteiger partial charge < -0.3 is 16.0 Å². The van der Waals surface area contributed by atoms with Gasteiger partial charge in [0.05, 0.1) is 6.04 Å². The molecule has 1 saturated heterocycles. The van der Waals surface area contributed by atoms with Gasteiger partial charge in [0, 0.05) is 12.6 Å². The fourth-order valence-electron chi connectivity index (χ4n) is 2.03. The van der Waals surface area contributed by atoms with Crippen LogP contribution in [0.5, 0.6) is 0 Å². The standard InChI is InChI=1S/C11H23N3O/c1-9(2)13-10(11(12)15)5-8-14-6-3-4-7-14/h9-10,13H,3-8H2,1-2H3,(H2,12,15). The highest BCUT2D eigenvalue weighted by atomic mass is 16.1. The number of carbonyl (C=O) groups is 1. The predicted octanol–water partition coefficient (Wildman–Crippen LogP) is 0.324. The van der Waals surface area contributed by atoms with Crippen LogP contribution in [0.2, 0.25) is 0 Å². The number of nitrogens with zero attached hydrogens (tertiary/aromatic N) is 1. The van der Waals surface area contributed by atoms with Crippen LogP contribution in [0.15, 0.2) is 0 Å². The Hall–Kier alpha value is -0.610. The molecule has 3 N–H and O–H groups in total. The first-order valence-corrected chi connectivity index (χ1v) is 5.87. The van der Waals surface area contributed by atoms with Crippen molar-refractivity contribution in [3.8, 4) is 0 Å². The average Bonchev–Trinajstić information content (AvgIpc) is 2.63. The van der Waals surface area contributed by atoms with E-state index in [1.807, 2.05) is 13.8 Å². The number of nitrogens with one attached hydrogen (secondary N) is 1.